The van der Waals surface area contributed by atoms with Crippen LogP contribution in [0.25, 0.3) is 0 Å². The Morgan fingerprint density at radius 1 is 1.42 bits per heavy atom. The second-order valence-corrected chi connectivity index (χ2v) is 3.23. The van der Waals surface area contributed by atoms with Crippen LogP contribution in [-0.2, 0) is 0 Å². The second kappa shape index (κ2) is 5.70. The molecule has 0 aliphatic rings. The summed E-state index contributed by atoms with van der Waals surface area (Å²) in [6.45, 7) is 12.2. The summed E-state index contributed by atoms with van der Waals surface area (Å²) in [4.78, 5) is 0. The normalized spacial score (nSPS) is 14.8. The third-order valence-electron chi connectivity index (χ3n) is 1.94. The average molecular weight is 163 g/mol. The van der Waals surface area contributed by atoms with Gasteiger partial charge < -0.3 is 0 Å². The molecule has 0 saturated carbocycles. The quantitative estimate of drug-likeness (QED) is 0.335. The minimum Gasteiger partial charge on any atom is -0.0982 e. The summed E-state index contributed by atoms with van der Waals surface area (Å²) >= 11 is 0. The standard InChI is InChI=1S/C12H19/c1-6-11(5)8-9-12(7-2)10(3)4/h6-9,12H,2H2,1,3-5H3/q+1/b9-8-,11-6-. The van der Waals surface area contributed by atoms with E-state index in [1.54, 1.807) is 0 Å². The Bertz CT molecular complexity index is 182. The highest BCUT2D eigenvalue weighted by Crippen LogP contribution is 2.16. The maximum atomic E-state index is 3.79. The largest absolute Gasteiger partial charge is 0.136 e. The molecule has 0 aromatic carbocycles. The van der Waals surface area contributed by atoms with E-state index in [9.17, 15) is 0 Å². The van der Waals surface area contributed by atoms with Crippen LogP contribution in [0.3, 0.4) is 0 Å². The summed E-state index contributed by atoms with van der Waals surface area (Å²) in [6, 6.07) is 0. The number of hydrogen-bond acceptors (Lipinski definition) is 0. The Labute approximate surface area is 76.7 Å². The van der Waals surface area contributed by atoms with Gasteiger partial charge in [-0.1, -0.05) is 24.3 Å². The molecule has 0 heterocycles. The van der Waals surface area contributed by atoms with Gasteiger partial charge >= 0.3 is 0 Å². The molecule has 0 aromatic heterocycles. The summed E-state index contributed by atoms with van der Waals surface area (Å²) < 4.78 is 0. The maximum Gasteiger partial charge on any atom is 0.136 e. The van der Waals surface area contributed by atoms with Gasteiger partial charge in [0.2, 0.25) is 0 Å². The molecule has 1 unspecified atom stereocenters. The van der Waals surface area contributed by atoms with Crippen molar-refractivity contribution in [2.45, 2.75) is 27.7 Å². The van der Waals surface area contributed by atoms with Crippen molar-refractivity contribution in [2.24, 2.45) is 5.92 Å². The number of rotatable bonds is 4. The van der Waals surface area contributed by atoms with Gasteiger partial charge in [0.25, 0.3) is 0 Å². The summed E-state index contributed by atoms with van der Waals surface area (Å²) in [6.07, 6.45) is 8.38. The molecular formula is C12H19+. The van der Waals surface area contributed by atoms with Gasteiger partial charge in [0.05, 0.1) is 19.8 Å². The predicted molar refractivity (Wildman–Crippen MR) is 56.8 cm³/mol. The van der Waals surface area contributed by atoms with E-state index >= 15 is 0 Å². The number of allylic oxidation sites excluding steroid dienone is 5. The molecule has 0 rings (SSSR count). The SMILES string of the molecule is C=CC(/C=C\C(C)=C/C)[C+](C)C. The molecule has 0 nitrogen and oxygen atoms in total. The first-order valence-corrected chi connectivity index (χ1v) is 4.35. The highest BCUT2D eigenvalue weighted by atomic mass is 14.1. The first kappa shape index (κ1) is 11.1. The maximum absolute atomic E-state index is 3.79. The van der Waals surface area contributed by atoms with Crippen LogP contribution in [0.4, 0.5) is 0 Å². The Morgan fingerprint density at radius 3 is 2.33 bits per heavy atom. The van der Waals surface area contributed by atoms with Crippen molar-refractivity contribution >= 4 is 0 Å². The molecular weight excluding hydrogens is 144 g/mol. The molecule has 0 aromatic rings. The third kappa shape index (κ3) is 4.07. The smallest absolute Gasteiger partial charge is 0.0982 e. The van der Waals surface area contributed by atoms with E-state index < -0.39 is 0 Å². The monoisotopic (exact) mass is 163 g/mol. The fraction of sp³-hybridized carbons (Fsp3) is 0.417. The van der Waals surface area contributed by atoms with Crippen molar-refractivity contribution in [3.63, 3.8) is 0 Å². The molecule has 0 bridgehead atoms. The van der Waals surface area contributed by atoms with Gasteiger partial charge in [-0.05, 0) is 26.0 Å². The Balaban J connectivity index is 4.20. The van der Waals surface area contributed by atoms with Gasteiger partial charge in [-0.25, -0.2) is 0 Å². The van der Waals surface area contributed by atoms with Crippen LogP contribution in [-0.4, -0.2) is 0 Å². The zero-order valence-corrected chi connectivity index (χ0v) is 8.59. The average Bonchev–Trinajstić information content (AvgIpc) is 2.04. The first-order chi connectivity index (χ1) is 5.61. The van der Waals surface area contributed by atoms with Crippen LogP contribution in [0.5, 0.6) is 0 Å². The predicted octanol–water partition coefficient (Wildman–Crippen LogP) is 3.93. The highest BCUT2D eigenvalue weighted by Gasteiger charge is 2.14. The van der Waals surface area contributed by atoms with Gasteiger partial charge in [-0.3, -0.25) is 0 Å². The van der Waals surface area contributed by atoms with Gasteiger partial charge in [-0.2, -0.15) is 0 Å². The molecule has 0 N–H and O–H groups in total. The van der Waals surface area contributed by atoms with E-state index in [1.807, 2.05) is 13.0 Å². The number of hydrogen-bond donors (Lipinski definition) is 0. The van der Waals surface area contributed by atoms with E-state index in [0.717, 1.165) is 0 Å². The molecule has 12 heavy (non-hydrogen) atoms. The van der Waals surface area contributed by atoms with Crippen molar-refractivity contribution in [1.29, 1.82) is 0 Å². The molecule has 0 amide bonds. The van der Waals surface area contributed by atoms with Crippen molar-refractivity contribution in [1.82, 2.24) is 0 Å². The molecule has 0 fully saturated rings. The van der Waals surface area contributed by atoms with Gasteiger partial charge in [0.15, 0.2) is 0 Å². The Morgan fingerprint density at radius 2 is 2.00 bits per heavy atom. The van der Waals surface area contributed by atoms with Gasteiger partial charge in [0.1, 0.15) is 5.92 Å². The molecule has 0 aliphatic carbocycles. The summed E-state index contributed by atoms with van der Waals surface area (Å²) in [5.74, 6) is 1.80. The van der Waals surface area contributed by atoms with Crippen molar-refractivity contribution < 1.29 is 0 Å². The van der Waals surface area contributed by atoms with Crippen LogP contribution < -0.4 is 0 Å². The van der Waals surface area contributed by atoms with Crippen molar-refractivity contribution in [2.75, 3.05) is 0 Å². The van der Waals surface area contributed by atoms with Crippen molar-refractivity contribution in [3.8, 4) is 0 Å². The topological polar surface area (TPSA) is 0 Å². The molecule has 0 saturated heterocycles. The van der Waals surface area contributed by atoms with Crippen LogP contribution >= 0.6 is 0 Å². The van der Waals surface area contributed by atoms with Gasteiger partial charge in [0, 0.05) is 0 Å². The van der Waals surface area contributed by atoms with E-state index in [4.69, 9.17) is 0 Å². The van der Waals surface area contributed by atoms with Crippen LogP contribution in [0.1, 0.15) is 27.7 Å². The third-order valence-corrected chi connectivity index (χ3v) is 1.94. The molecule has 0 radical (unpaired) electrons. The lowest BCUT2D eigenvalue weighted by Gasteiger charge is -2.00. The first-order valence-electron chi connectivity index (χ1n) is 4.35. The molecule has 0 heteroatoms. The van der Waals surface area contributed by atoms with E-state index in [2.05, 4.69) is 45.6 Å². The van der Waals surface area contributed by atoms with E-state index in [-0.39, 0.29) is 0 Å². The lowest BCUT2D eigenvalue weighted by Crippen LogP contribution is -1.98. The van der Waals surface area contributed by atoms with E-state index in [0.29, 0.717) is 5.92 Å². The highest BCUT2D eigenvalue weighted by molar-refractivity contribution is 5.20. The zero-order valence-electron chi connectivity index (χ0n) is 8.59. The van der Waals surface area contributed by atoms with Crippen molar-refractivity contribution in [3.05, 3.63) is 42.4 Å². The fourth-order valence-electron chi connectivity index (χ4n) is 0.858. The van der Waals surface area contributed by atoms with Crippen LogP contribution in [0.2, 0.25) is 0 Å². The minimum atomic E-state index is 0.417. The Hall–Kier alpha value is -0.910. The minimum absolute atomic E-state index is 0.417. The lowest BCUT2D eigenvalue weighted by molar-refractivity contribution is 0.820. The van der Waals surface area contributed by atoms with E-state index in [1.165, 1.54) is 11.5 Å². The summed E-state index contributed by atoms with van der Waals surface area (Å²) in [5.41, 5.74) is 1.29. The Kier molecular flexibility index (Phi) is 5.27. The molecule has 0 aliphatic heterocycles. The summed E-state index contributed by atoms with van der Waals surface area (Å²) in [5, 5.41) is 0. The lowest BCUT2D eigenvalue weighted by atomic mass is 9.95. The zero-order chi connectivity index (χ0) is 9.56. The fourth-order valence-corrected chi connectivity index (χ4v) is 0.858. The molecule has 0 spiro atoms. The molecule has 1 atom stereocenters. The second-order valence-electron chi connectivity index (χ2n) is 3.23. The summed E-state index contributed by atoms with van der Waals surface area (Å²) in [7, 11) is 0. The van der Waals surface area contributed by atoms with Gasteiger partial charge in [-0.15, -0.1) is 0 Å². The van der Waals surface area contributed by atoms with Crippen LogP contribution in [0, 0.1) is 11.8 Å². The molecule has 66 valence electrons. The van der Waals surface area contributed by atoms with Crippen LogP contribution in [0.15, 0.2) is 36.5 Å².